The standard InChI is InChI=1S/C15H18N2O4/c16-13(18)6-7-17(9-10-4-2-1-3-5-10)14(19)11-8-12(11)15(20)21/h1-5,11-12H,6-9H2,(H2,16,18)(H,20,21). The van der Waals surface area contributed by atoms with Gasteiger partial charge in [0.15, 0.2) is 0 Å². The van der Waals surface area contributed by atoms with Gasteiger partial charge in [0.05, 0.1) is 11.8 Å². The second-order valence-electron chi connectivity index (χ2n) is 5.25. The van der Waals surface area contributed by atoms with Crippen molar-refractivity contribution in [3.63, 3.8) is 0 Å². The lowest BCUT2D eigenvalue weighted by Gasteiger charge is -2.22. The van der Waals surface area contributed by atoms with E-state index < -0.39 is 23.7 Å². The van der Waals surface area contributed by atoms with Gasteiger partial charge in [-0.1, -0.05) is 30.3 Å². The molecule has 1 aliphatic rings. The molecule has 0 heterocycles. The molecule has 3 N–H and O–H groups in total. The third-order valence-corrected chi connectivity index (χ3v) is 3.58. The molecule has 0 aromatic heterocycles. The predicted octanol–water partition coefficient (Wildman–Crippen LogP) is 0.611. The van der Waals surface area contributed by atoms with Gasteiger partial charge in [-0.3, -0.25) is 14.4 Å². The molecule has 2 rings (SSSR count). The molecule has 2 atom stereocenters. The van der Waals surface area contributed by atoms with E-state index in [2.05, 4.69) is 0 Å². The van der Waals surface area contributed by atoms with Gasteiger partial charge in [0.1, 0.15) is 0 Å². The Morgan fingerprint density at radius 1 is 1.19 bits per heavy atom. The van der Waals surface area contributed by atoms with Crippen molar-refractivity contribution in [1.29, 1.82) is 0 Å². The number of carbonyl (C=O) groups is 3. The minimum atomic E-state index is -0.942. The topological polar surface area (TPSA) is 101 Å². The van der Waals surface area contributed by atoms with E-state index in [0.717, 1.165) is 5.56 Å². The van der Waals surface area contributed by atoms with Gasteiger partial charge in [0, 0.05) is 19.5 Å². The number of amides is 2. The minimum Gasteiger partial charge on any atom is -0.481 e. The zero-order valence-corrected chi connectivity index (χ0v) is 11.6. The highest BCUT2D eigenvalue weighted by Crippen LogP contribution is 2.40. The molecule has 6 nitrogen and oxygen atoms in total. The smallest absolute Gasteiger partial charge is 0.307 e. The first kappa shape index (κ1) is 15.0. The van der Waals surface area contributed by atoms with E-state index in [0.29, 0.717) is 13.0 Å². The van der Waals surface area contributed by atoms with Crippen molar-refractivity contribution < 1.29 is 19.5 Å². The molecule has 2 amide bonds. The van der Waals surface area contributed by atoms with Crippen LogP contribution in [0.2, 0.25) is 0 Å². The van der Waals surface area contributed by atoms with Gasteiger partial charge in [-0.25, -0.2) is 0 Å². The molecule has 0 bridgehead atoms. The largest absolute Gasteiger partial charge is 0.481 e. The van der Waals surface area contributed by atoms with E-state index in [1.54, 1.807) is 0 Å². The van der Waals surface area contributed by atoms with Crippen LogP contribution in [0.4, 0.5) is 0 Å². The number of benzene rings is 1. The fourth-order valence-corrected chi connectivity index (χ4v) is 2.29. The van der Waals surface area contributed by atoms with Crippen molar-refractivity contribution in [2.24, 2.45) is 17.6 Å². The lowest BCUT2D eigenvalue weighted by atomic mass is 10.2. The predicted molar refractivity (Wildman–Crippen MR) is 74.9 cm³/mol. The summed E-state index contributed by atoms with van der Waals surface area (Å²) in [7, 11) is 0. The first-order valence-corrected chi connectivity index (χ1v) is 6.83. The molecule has 6 heteroatoms. The summed E-state index contributed by atoms with van der Waals surface area (Å²) in [5.41, 5.74) is 6.06. The number of carbonyl (C=O) groups excluding carboxylic acids is 2. The van der Waals surface area contributed by atoms with Gasteiger partial charge in [0.2, 0.25) is 11.8 Å². The second kappa shape index (κ2) is 6.39. The van der Waals surface area contributed by atoms with Crippen LogP contribution in [0.25, 0.3) is 0 Å². The van der Waals surface area contributed by atoms with Crippen LogP contribution in [-0.4, -0.2) is 34.3 Å². The Bertz CT molecular complexity index is 544. The Labute approximate surface area is 122 Å². The highest BCUT2D eigenvalue weighted by Gasteiger charge is 2.49. The van der Waals surface area contributed by atoms with E-state index in [9.17, 15) is 14.4 Å². The number of carboxylic acids is 1. The van der Waals surface area contributed by atoms with E-state index >= 15 is 0 Å². The van der Waals surface area contributed by atoms with E-state index in [4.69, 9.17) is 10.8 Å². The lowest BCUT2D eigenvalue weighted by Crippen LogP contribution is -2.35. The monoisotopic (exact) mass is 290 g/mol. The zero-order chi connectivity index (χ0) is 15.4. The molecule has 0 radical (unpaired) electrons. The second-order valence-corrected chi connectivity index (χ2v) is 5.25. The summed E-state index contributed by atoms with van der Waals surface area (Å²) in [4.78, 5) is 35.7. The van der Waals surface area contributed by atoms with Gasteiger partial charge in [-0.05, 0) is 12.0 Å². The number of carboxylic acid groups (broad SMARTS) is 1. The summed E-state index contributed by atoms with van der Waals surface area (Å²) in [6, 6.07) is 9.37. The molecule has 0 aliphatic heterocycles. The molecule has 21 heavy (non-hydrogen) atoms. The Morgan fingerprint density at radius 2 is 1.86 bits per heavy atom. The van der Waals surface area contributed by atoms with Crippen LogP contribution in [0.3, 0.4) is 0 Å². The maximum atomic E-state index is 12.3. The maximum absolute atomic E-state index is 12.3. The van der Waals surface area contributed by atoms with Crippen molar-refractivity contribution in [2.45, 2.75) is 19.4 Å². The highest BCUT2D eigenvalue weighted by molar-refractivity contribution is 5.89. The van der Waals surface area contributed by atoms with Crippen molar-refractivity contribution >= 4 is 17.8 Å². The third kappa shape index (κ3) is 4.05. The molecule has 0 saturated heterocycles. The molecule has 112 valence electrons. The van der Waals surface area contributed by atoms with Gasteiger partial charge < -0.3 is 15.7 Å². The van der Waals surface area contributed by atoms with Crippen LogP contribution in [0.1, 0.15) is 18.4 Å². The number of primary amides is 1. The number of hydrogen-bond donors (Lipinski definition) is 2. The summed E-state index contributed by atoms with van der Waals surface area (Å²) >= 11 is 0. The van der Waals surface area contributed by atoms with Crippen LogP contribution >= 0.6 is 0 Å². The van der Waals surface area contributed by atoms with Crippen molar-refractivity contribution in [1.82, 2.24) is 4.90 Å². The van der Waals surface area contributed by atoms with Crippen molar-refractivity contribution in [3.05, 3.63) is 35.9 Å². The fraction of sp³-hybridized carbons (Fsp3) is 0.400. The van der Waals surface area contributed by atoms with Crippen LogP contribution < -0.4 is 5.73 Å². The normalized spacial score (nSPS) is 19.8. The summed E-state index contributed by atoms with van der Waals surface area (Å²) in [5.74, 6) is -2.70. The lowest BCUT2D eigenvalue weighted by molar-refractivity contribution is -0.142. The number of nitrogens with zero attached hydrogens (tertiary/aromatic N) is 1. The van der Waals surface area contributed by atoms with Crippen molar-refractivity contribution in [2.75, 3.05) is 6.54 Å². The van der Waals surface area contributed by atoms with Gasteiger partial charge >= 0.3 is 5.97 Å². The molecule has 1 aliphatic carbocycles. The Balaban J connectivity index is 2.03. The van der Waals surface area contributed by atoms with Gasteiger partial charge in [-0.2, -0.15) is 0 Å². The number of aliphatic carboxylic acids is 1. The van der Waals surface area contributed by atoms with E-state index in [-0.39, 0.29) is 18.9 Å². The molecule has 1 aromatic rings. The molecular formula is C15H18N2O4. The van der Waals surface area contributed by atoms with E-state index in [1.165, 1.54) is 4.90 Å². The average Bonchev–Trinajstić information content (AvgIpc) is 3.24. The average molecular weight is 290 g/mol. The van der Waals surface area contributed by atoms with Crippen molar-refractivity contribution in [3.8, 4) is 0 Å². The fourth-order valence-electron chi connectivity index (χ4n) is 2.29. The first-order valence-electron chi connectivity index (χ1n) is 6.83. The van der Waals surface area contributed by atoms with Crippen LogP contribution in [-0.2, 0) is 20.9 Å². The number of nitrogens with two attached hydrogens (primary N) is 1. The first-order chi connectivity index (χ1) is 9.99. The summed E-state index contributed by atoms with van der Waals surface area (Å²) < 4.78 is 0. The Morgan fingerprint density at radius 3 is 2.38 bits per heavy atom. The highest BCUT2D eigenvalue weighted by atomic mass is 16.4. The maximum Gasteiger partial charge on any atom is 0.307 e. The van der Waals surface area contributed by atoms with Crippen LogP contribution in [0.15, 0.2) is 30.3 Å². The molecule has 1 saturated carbocycles. The Hall–Kier alpha value is -2.37. The minimum absolute atomic E-state index is 0.0725. The van der Waals surface area contributed by atoms with Crippen LogP contribution in [0.5, 0.6) is 0 Å². The van der Waals surface area contributed by atoms with Gasteiger partial charge in [-0.15, -0.1) is 0 Å². The summed E-state index contributed by atoms with van der Waals surface area (Å²) in [5, 5.41) is 8.92. The molecule has 0 spiro atoms. The molecule has 1 aromatic carbocycles. The zero-order valence-electron chi connectivity index (χ0n) is 11.6. The molecule has 2 unspecified atom stereocenters. The molecular weight excluding hydrogens is 272 g/mol. The summed E-state index contributed by atoms with van der Waals surface area (Å²) in [6.07, 6.45) is 0.444. The molecule has 1 fully saturated rings. The van der Waals surface area contributed by atoms with E-state index in [1.807, 2.05) is 30.3 Å². The number of rotatable bonds is 7. The quantitative estimate of drug-likeness (QED) is 0.768. The Kier molecular flexibility index (Phi) is 4.57. The number of hydrogen-bond acceptors (Lipinski definition) is 3. The van der Waals surface area contributed by atoms with Crippen LogP contribution in [0, 0.1) is 11.8 Å². The summed E-state index contributed by atoms with van der Waals surface area (Å²) in [6.45, 7) is 0.571. The van der Waals surface area contributed by atoms with Gasteiger partial charge in [0.25, 0.3) is 0 Å². The third-order valence-electron chi connectivity index (χ3n) is 3.58. The SMILES string of the molecule is NC(=O)CCN(Cc1ccccc1)C(=O)C1CC1C(=O)O.